The van der Waals surface area contributed by atoms with Crippen LogP contribution in [0.1, 0.15) is 28.8 Å². The number of hydrogen-bond acceptors (Lipinski definition) is 4. The Labute approximate surface area is 103 Å². The predicted octanol–water partition coefficient (Wildman–Crippen LogP) is 1.95. The number of carbonyl (C=O) groups excluding carboxylic acids is 1. The van der Waals surface area contributed by atoms with E-state index < -0.39 is 5.60 Å². The van der Waals surface area contributed by atoms with Crippen molar-refractivity contribution >= 4 is 17.9 Å². The van der Waals surface area contributed by atoms with Gasteiger partial charge in [-0.1, -0.05) is 11.6 Å². The number of hydrogen-bond donors (Lipinski definition) is 1. The fraction of sp³-hybridized carbons (Fsp3) is 0.417. The Morgan fingerprint density at radius 1 is 1.41 bits per heavy atom. The van der Waals surface area contributed by atoms with Crippen molar-refractivity contribution in [2.24, 2.45) is 0 Å². The van der Waals surface area contributed by atoms with Crippen molar-refractivity contribution in [2.45, 2.75) is 24.9 Å². The second kappa shape index (κ2) is 3.62. The van der Waals surface area contributed by atoms with Crippen LogP contribution in [-0.2, 0) is 6.42 Å². The Morgan fingerprint density at radius 2 is 2.12 bits per heavy atom. The van der Waals surface area contributed by atoms with E-state index in [1.165, 1.54) is 0 Å². The number of rotatable bonds is 3. The monoisotopic (exact) mass is 254 g/mol. The summed E-state index contributed by atoms with van der Waals surface area (Å²) in [5.74, 6) is 0.934. The minimum atomic E-state index is -0.633. The molecule has 90 valence electrons. The zero-order chi connectivity index (χ0) is 12.0. The number of carbonyl (C=O) groups is 1. The summed E-state index contributed by atoms with van der Waals surface area (Å²) in [4.78, 5) is 10.9. The van der Waals surface area contributed by atoms with Gasteiger partial charge in [-0.05, 0) is 18.9 Å². The van der Waals surface area contributed by atoms with Crippen molar-refractivity contribution in [3.05, 3.63) is 22.2 Å². The van der Waals surface area contributed by atoms with Crippen LogP contribution in [0.4, 0.5) is 0 Å². The molecule has 17 heavy (non-hydrogen) atoms. The number of halogens is 1. The predicted molar refractivity (Wildman–Crippen MR) is 60.9 cm³/mol. The highest BCUT2D eigenvalue weighted by molar-refractivity contribution is 6.33. The van der Waals surface area contributed by atoms with Gasteiger partial charge >= 0.3 is 0 Å². The van der Waals surface area contributed by atoms with Crippen molar-refractivity contribution in [1.82, 2.24) is 0 Å². The van der Waals surface area contributed by atoms with Gasteiger partial charge in [0.25, 0.3) is 0 Å². The zero-order valence-electron chi connectivity index (χ0n) is 9.03. The summed E-state index contributed by atoms with van der Waals surface area (Å²) in [7, 11) is 0. The minimum absolute atomic E-state index is 0.0853. The smallest absolute Gasteiger partial charge is 0.231 e. The molecule has 0 aromatic heterocycles. The molecule has 1 saturated carbocycles. The van der Waals surface area contributed by atoms with E-state index in [9.17, 15) is 9.90 Å². The van der Waals surface area contributed by atoms with Gasteiger partial charge in [0.15, 0.2) is 17.8 Å². The normalized spacial score (nSPS) is 19.2. The van der Waals surface area contributed by atoms with Crippen molar-refractivity contribution in [3.8, 4) is 11.5 Å². The molecule has 0 bridgehead atoms. The maximum Gasteiger partial charge on any atom is 0.231 e. The molecule has 2 aliphatic rings. The van der Waals surface area contributed by atoms with Gasteiger partial charge in [-0.15, -0.1) is 0 Å². The summed E-state index contributed by atoms with van der Waals surface area (Å²) in [6.45, 7) is 0.0853. The number of ether oxygens (including phenoxy) is 2. The van der Waals surface area contributed by atoms with Crippen LogP contribution in [-0.4, -0.2) is 23.8 Å². The third kappa shape index (κ3) is 1.77. The van der Waals surface area contributed by atoms with E-state index in [4.69, 9.17) is 21.1 Å². The van der Waals surface area contributed by atoms with Crippen molar-refractivity contribution in [2.75, 3.05) is 6.79 Å². The molecule has 0 amide bonds. The highest BCUT2D eigenvalue weighted by Crippen LogP contribution is 2.46. The quantitative estimate of drug-likeness (QED) is 0.838. The summed E-state index contributed by atoms with van der Waals surface area (Å²) in [5, 5.41) is 10.3. The van der Waals surface area contributed by atoms with Crippen molar-refractivity contribution in [3.63, 3.8) is 0 Å². The number of fused-ring (bicyclic) bond motifs is 1. The average Bonchev–Trinajstić information content (AvgIpc) is 2.81. The SMILES string of the molecule is O=Cc1c(Cl)cc(CC2(O)CC2)c2c1OCO2. The molecule has 0 atom stereocenters. The Bertz CT molecular complexity index is 494. The summed E-state index contributed by atoms with van der Waals surface area (Å²) in [5.41, 5.74) is 0.477. The first-order chi connectivity index (χ1) is 8.13. The maximum atomic E-state index is 10.9. The largest absolute Gasteiger partial charge is 0.453 e. The van der Waals surface area contributed by atoms with Crippen LogP contribution in [0.2, 0.25) is 5.02 Å². The minimum Gasteiger partial charge on any atom is -0.453 e. The second-order valence-corrected chi connectivity index (χ2v) is 4.92. The molecule has 4 nitrogen and oxygen atoms in total. The lowest BCUT2D eigenvalue weighted by atomic mass is 10.0. The summed E-state index contributed by atoms with van der Waals surface area (Å²) < 4.78 is 10.6. The molecule has 5 heteroatoms. The fourth-order valence-electron chi connectivity index (χ4n) is 2.04. The average molecular weight is 255 g/mol. The molecule has 1 aliphatic heterocycles. The molecular formula is C12H11ClO4. The molecule has 0 saturated heterocycles. The summed E-state index contributed by atoms with van der Waals surface area (Å²) in [6.07, 6.45) is 2.72. The molecule has 1 N–H and O–H groups in total. The molecular weight excluding hydrogens is 244 g/mol. The Hall–Kier alpha value is -1.26. The number of benzene rings is 1. The first kappa shape index (κ1) is 10.9. The van der Waals surface area contributed by atoms with Gasteiger partial charge in [0.2, 0.25) is 6.79 Å². The molecule has 1 aromatic rings. The van der Waals surface area contributed by atoms with Crippen LogP contribution >= 0.6 is 11.6 Å². The van der Waals surface area contributed by atoms with Crippen LogP contribution in [0.15, 0.2) is 6.07 Å². The molecule has 0 radical (unpaired) electrons. The van der Waals surface area contributed by atoms with Gasteiger partial charge in [-0.25, -0.2) is 0 Å². The standard InChI is InChI=1S/C12H11ClO4/c13-9-3-7(4-12(15)1-2-12)10-11(8(9)5-14)17-6-16-10/h3,5,15H,1-2,4,6H2. The molecule has 1 heterocycles. The maximum absolute atomic E-state index is 10.9. The molecule has 3 rings (SSSR count). The molecule has 1 aliphatic carbocycles. The van der Waals surface area contributed by atoms with Crippen molar-refractivity contribution in [1.29, 1.82) is 0 Å². The van der Waals surface area contributed by atoms with Crippen molar-refractivity contribution < 1.29 is 19.4 Å². The van der Waals surface area contributed by atoms with Crippen LogP contribution in [0.5, 0.6) is 11.5 Å². The fourth-order valence-corrected chi connectivity index (χ4v) is 2.30. The zero-order valence-corrected chi connectivity index (χ0v) is 9.79. The summed E-state index contributed by atoms with van der Waals surface area (Å²) >= 11 is 6.01. The first-order valence-corrected chi connectivity index (χ1v) is 5.79. The number of aliphatic hydroxyl groups is 1. The molecule has 0 spiro atoms. The second-order valence-electron chi connectivity index (χ2n) is 4.51. The highest BCUT2D eigenvalue weighted by atomic mass is 35.5. The van der Waals surface area contributed by atoms with Gasteiger partial charge < -0.3 is 14.6 Å². The van der Waals surface area contributed by atoms with E-state index in [0.717, 1.165) is 18.4 Å². The van der Waals surface area contributed by atoms with Crippen LogP contribution < -0.4 is 9.47 Å². The van der Waals surface area contributed by atoms with Gasteiger partial charge in [0, 0.05) is 12.0 Å². The van der Waals surface area contributed by atoms with Gasteiger partial charge in [0.05, 0.1) is 16.2 Å². The summed E-state index contributed by atoms with van der Waals surface area (Å²) in [6, 6.07) is 1.68. The van der Waals surface area contributed by atoms with Gasteiger partial charge in [-0.3, -0.25) is 4.79 Å². The Balaban J connectivity index is 2.07. The van der Waals surface area contributed by atoms with Crippen LogP contribution in [0, 0.1) is 0 Å². The Kier molecular flexibility index (Phi) is 2.31. The lowest BCUT2D eigenvalue weighted by Crippen LogP contribution is -2.11. The van der Waals surface area contributed by atoms with Gasteiger partial charge in [-0.2, -0.15) is 0 Å². The van der Waals surface area contributed by atoms with Crippen LogP contribution in [0.3, 0.4) is 0 Å². The van der Waals surface area contributed by atoms with E-state index in [1.54, 1.807) is 6.07 Å². The number of aldehydes is 1. The Morgan fingerprint density at radius 3 is 2.76 bits per heavy atom. The van der Waals surface area contributed by atoms with E-state index in [2.05, 4.69) is 0 Å². The lowest BCUT2D eigenvalue weighted by Gasteiger charge is -2.12. The van der Waals surface area contributed by atoms with E-state index >= 15 is 0 Å². The topological polar surface area (TPSA) is 55.8 Å². The highest BCUT2D eigenvalue weighted by Gasteiger charge is 2.42. The van der Waals surface area contributed by atoms with Crippen LogP contribution in [0.25, 0.3) is 0 Å². The van der Waals surface area contributed by atoms with E-state index in [-0.39, 0.29) is 6.79 Å². The molecule has 0 unspecified atom stereocenters. The van der Waals surface area contributed by atoms with E-state index in [1.807, 2.05) is 0 Å². The van der Waals surface area contributed by atoms with Gasteiger partial charge in [0.1, 0.15) is 0 Å². The third-order valence-corrected chi connectivity index (χ3v) is 3.48. The molecule has 1 aromatic carbocycles. The lowest BCUT2D eigenvalue weighted by molar-refractivity contribution is 0.111. The third-order valence-electron chi connectivity index (χ3n) is 3.17. The van der Waals surface area contributed by atoms with E-state index in [0.29, 0.717) is 34.8 Å². The molecule has 1 fully saturated rings. The first-order valence-electron chi connectivity index (χ1n) is 5.41.